The number of hydrogen-bond donors (Lipinski definition) is 3. The molecule has 0 spiro atoms. The molecule has 0 saturated carbocycles. The minimum Gasteiger partial charge on any atom is -0.466 e. The Morgan fingerprint density at radius 1 is 0.333 bits per heavy atom. The topological polar surface area (TPSA) is 95.9 Å². The van der Waals surface area contributed by atoms with Gasteiger partial charge in [-0.2, -0.15) is 0 Å². The first kappa shape index (κ1) is 79.1. The highest BCUT2D eigenvalue weighted by Crippen LogP contribution is 2.19. The van der Waals surface area contributed by atoms with Gasteiger partial charge in [-0.3, -0.25) is 9.59 Å². The number of nitrogens with one attached hydrogen (secondary N) is 1. The van der Waals surface area contributed by atoms with E-state index in [1.165, 1.54) is 334 Å². The summed E-state index contributed by atoms with van der Waals surface area (Å²) in [4.78, 5) is 24.5. The minimum absolute atomic E-state index is 0.0142. The van der Waals surface area contributed by atoms with Crippen molar-refractivity contribution in [1.29, 1.82) is 0 Å². The van der Waals surface area contributed by atoms with Gasteiger partial charge >= 0.3 is 5.97 Å². The highest BCUT2D eigenvalue weighted by atomic mass is 16.5. The van der Waals surface area contributed by atoms with Crippen LogP contribution in [0, 0.1) is 0 Å². The molecule has 0 saturated heterocycles. The summed E-state index contributed by atoms with van der Waals surface area (Å²) < 4.78 is 5.50. The summed E-state index contributed by atoms with van der Waals surface area (Å²) in [7, 11) is 0. The van der Waals surface area contributed by atoms with Gasteiger partial charge in [0.1, 0.15) is 0 Å². The molecule has 0 aromatic heterocycles. The van der Waals surface area contributed by atoms with Gasteiger partial charge in [0.15, 0.2) is 0 Å². The maximum atomic E-state index is 12.4. The molecule has 0 rings (SSSR count). The van der Waals surface area contributed by atoms with Crippen molar-refractivity contribution < 1.29 is 24.5 Å². The number of ether oxygens (including phenoxy) is 1. The number of carbonyl (C=O) groups excluding carboxylic acids is 2. The van der Waals surface area contributed by atoms with E-state index in [4.69, 9.17) is 4.74 Å². The van der Waals surface area contributed by atoms with Crippen molar-refractivity contribution in [2.75, 3.05) is 13.2 Å². The van der Waals surface area contributed by atoms with Crippen LogP contribution in [0.4, 0.5) is 0 Å². The summed E-state index contributed by atoms with van der Waals surface area (Å²) >= 11 is 0. The van der Waals surface area contributed by atoms with E-state index in [9.17, 15) is 19.8 Å². The number of rotatable bonds is 69. The van der Waals surface area contributed by atoms with E-state index in [-0.39, 0.29) is 18.5 Å². The Morgan fingerprint density at radius 2 is 0.580 bits per heavy atom. The van der Waals surface area contributed by atoms with E-state index < -0.39 is 12.1 Å². The standard InChI is InChI=1S/C75H143NO5/c1-3-5-7-9-11-13-15-16-17-42-45-49-53-57-61-65-69-75(80)81-70-66-62-58-54-50-46-43-40-38-36-34-32-30-28-26-24-22-20-18-19-21-23-25-27-29-31-33-35-37-39-41-44-48-52-56-60-64-68-74(79)76-72(71-77)73(78)67-63-59-55-51-47-14-12-10-8-6-4-2/h17-18,20,42,63,67,72-73,77-78H,3-16,19,21-41,43-62,64-66,68-71H2,1-2H3,(H,76,79)/b20-18-,42-17-,67-63+. The molecule has 2 unspecified atom stereocenters. The molecule has 2 atom stereocenters. The Balaban J connectivity index is 3.32. The van der Waals surface area contributed by atoms with E-state index in [2.05, 4.69) is 43.5 Å². The van der Waals surface area contributed by atoms with Crippen LogP contribution in [0.15, 0.2) is 36.5 Å². The highest BCUT2D eigenvalue weighted by molar-refractivity contribution is 5.76. The van der Waals surface area contributed by atoms with Crippen LogP contribution in [0.2, 0.25) is 0 Å². The van der Waals surface area contributed by atoms with Gasteiger partial charge in [0.2, 0.25) is 5.91 Å². The van der Waals surface area contributed by atoms with Crippen molar-refractivity contribution in [3.8, 4) is 0 Å². The third-order valence-electron chi connectivity index (χ3n) is 17.1. The first-order valence-corrected chi connectivity index (χ1v) is 36.8. The molecule has 1 amide bonds. The SMILES string of the molecule is CCCCCCCCC/C=C\CCCCCCCC(=O)OCCCCCCCCCCCCCCCCCC/C=C\CCCCCCCCCCCCCCCCCCCC(=O)NC(CO)C(O)/C=C/CCCCCCCCCCC. The predicted molar refractivity (Wildman–Crippen MR) is 356 cm³/mol. The summed E-state index contributed by atoms with van der Waals surface area (Å²) in [5, 5.41) is 23.1. The number of hydrogen-bond acceptors (Lipinski definition) is 5. The van der Waals surface area contributed by atoms with Crippen LogP contribution in [0.3, 0.4) is 0 Å². The van der Waals surface area contributed by atoms with Gasteiger partial charge in [0, 0.05) is 12.8 Å². The zero-order chi connectivity index (χ0) is 58.5. The van der Waals surface area contributed by atoms with Gasteiger partial charge in [-0.25, -0.2) is 0 Å². The average Bonchev–Trinajstić information content (AvgIpc) is 3.47. The smallest absolute Gasteiger partial charge is 0.305 e. The fourth-order valence-electron chi connectivity index (χ4n) is 11.5. The molecule has 0 aromatic carbocycles. The second kappa shape index (κ2) is 70.6. The Kier molecular flexibility index (Phi) is 68.9. The third kappa shape index (κ3) is 67.1. The maximum absolute atomic E-state index is 12.4. The van der Waals surface area contributed by atoms with Crippen LogP contribution in [0.25, 0.3) is 0 Å². The average molecular weight is 1140 g/mol. The van der Waals surface area contributed by atoms with Crippen LogP contribution in [0.5, 0.6) is 0 Å². The van der Waals surface area contributed by atoms with Crippen molar-refractivity contribution in [3.05, 3.63) is 36.5 Å². The first-order chi connectivity index (χ1) is 40.0. The number of aliphatic hydroxyl groups is 2. The lowest BCUT2D eigenvalue weighted by atomic mass is 10.0. The normalized spacial score (nSPS) is 12.7. The molecular weight excluding hydrogens is 995 g/mol. The van der Waals surface area contributed by atoms with Crippen molar-refractivity contribution >= 4 is 11.9 Å². The second-order valence-electron chi connectivity index (χ2n) is 25.3. The van der Waals surface area contributed by atoms with Crippen LogP contribution in [-0.4, -0.2) is 47.4 Å². The quantitative estimate of drug-likeness (QED) is 0.0320. The fraction of sp³-hybridized carbons (Fsp3) is 0.893. The molecule has 0 bridgehead atoms. The Morgan fingerprint density at radius 3 is 0.877 bits per heavy atom. The predicted octanol–water partition coefficient (Wildman–Crippen LogP) is 23.9. The van der Waals surface area contributed by atoms with Gasteiger partial charge in [0.05, 0.1) is 25.4 Å². The van der Waals surface area contributed by atoms with Crippen molar-refractivity contribution in [2.24, 2.45) is 0 Å². The lowest BCUT2D eigenvalue weighted by molar-refractivity contribution is -0.143. The molecule has 6 nitrogen and oxygen atoms in total. The summed E-state index contributed by atoms with van der Waals surface area (Å²) in [6, 6.07) is -0.623. The van der Waals surface area contributed by atoms with E-state index in [0.29, 0.717) is 19.4 Å². The number of aliphatic hydroxyl groups excluding tert-OH is 2. The Bertz CT molecular complexity index is 1310. The van der Waals surface area contributed by atoms with Gasteiger partial charge in [-0.05, 0) is 83.5 Å². The van der Waals surface area contributed by atoms with Crippen molar-refractivity contribution in [3.63, 3.8) is 0 Å². The summed E-state index contributed by atoms with van der Waals surface area (Å²) in [6.07, 6.45) is 91.2. The zero-order valence-electron chi connectivity index (χ0n) is 54.8. The van der Waals surface area contributed by atoms with Crippen LogP contribution in [-0.2, 0) is 14.3 Å². The van der Waals surface area contributed by atoms with Gasteiger partial charge < -0.3 is 20.3 Å². The van der Waals surface area contributed by atoms with Gasteiger partial charge in [0.25, 0.3) is 0 Å². The summed E-state index contributed by atoms with van der Waals surface area (Å²) in [5.41, 5.74) is 0. The van der Waals surface area contributed by atoms with Gasteiger partial charge in [-0.15, -0.1) is 0 Å². The summed E-state index contributed by atoms with van der Waals surface area (Å²) in [5.74, 6) is -0.0495. The largest absolute Gasteiger partial charge is 0.466 e. The number of unbranched alkanes of at least 4 members (excludes halogenated alkanes) is 54. The molecular formula is C75H143NO5. The number of carbonyl (C=O) groups is 2. The van der Waals surface area contributed by atoms with E-state index in [0.717, 1.165) is 44.9 Å². The number of amides is 1. The number of esters is 1. The van der Waals surface area contributed by atoms with E-state index in [1.807, 2.05) is 6.08 Å². The second-order valence-corrected chi connectivity index (χ2v) is 25.3. The fourth-order valence-corrected chi connectivity index (χ4v) is 11.5. The minimum atomic E-state index is -0.840. The third-order valence-corrected chi connectivity index (χ3v) is 17.1. The highest BCUT2D eigenvalue weighted by Gasteiger charge is 2.18. The molecule has 0 aliphatic rings. The van der Waals surface area contributed by atoms with E-state index in [1.54, 1.807) is 6.08 Å². The van der Waals surface area contributed by atoms with Crippen LogP contribution >= 0.6 is 0 Å². The van der Waals surface area contributed by atoms with Crippen LogP contribution < -0.4 is 5.32 Å². The molecule has 6 heteroatoms. The first-order valence-electron chi connectivity index (χ1n) is 36.8. The Labute approximate surface area is 506 Å². The molecule has 0 radical (unpaired) electrons. The molecule has 3 N–H and O–H groups in total. The van der Waals surface area contributed by atoms with Crippen LogP contribution in [0.1, 0.15) is 406 Å². The molecule has 81 heavy (non-hydrogen) atoms. The van der Waals surface area contributed by atoms with E-state index >= 15 is 0 Å². The monoisotopic (exact) mass is 1140 g/mol. The lowest BCUT2D eigenvalue weighted by Gasteiger charge is -2.20. The molecule has 0 aliphatic carbocycles. The number of allylic oxidation sites excluding steroid dienone is 5. The van der Waals surface area contributed by atoms with Gasteiger partial charge in [-0.1, -0.05) is 346 Å². The summed E-state index contributed by atoms with van der Waals surface area (Å²) in [6.45, 7) is 4.91. The molecule has 0 aliphatic heterocycles. The molecule has 478 valence electrons. The lowest BCUT2D eigenvalue weighted by Crippen LogP contribution is -2.45. The van der Waals surface area contributed by atoms with Crippen molar-refractivity contribution in [2.45, 2.75) is 418 Å². The Hall–Kier alpha value is -1.92. The molecule has 0 fully saturated rings. The van der Waals surface area contributed by atoms with Crippen molar-refractivity contribution in [1.82, 2.24) is 5.32 Å². The zero-order valence-corrected chi connectivity index (χ0v) is 54.8. The molecule has 0 heterocycles. The molecule has 0 aromatic rings. The maximum Gasteiger partial charge on any atom is 0.305 e.